The van der Waals surface area contributed by atoms with E-state index in [9.17, 15) is 21.6 Å². The summed E-state index contributed by atoms with van der Waals surface area (Å²) in [6, 6.07) is 11.9. The SMILES string of the molecule is CC(C)S(=O)(=O)c1ccc(-c2nnc(NC(=O)Cc3ccc(S(C)(=O)=O)cc3)o2)cc1. The van der Waals surface area contributed by atoms with Gasteiger partial charge in [-0.1, -0.05) is 17.2 Å². The summed E-state index contributed by atoms with van der Waals surface area (Å²) in [5.74, 6) is -0.290. The Morgan fingerprint density at radius 2 is 1.52 bits per heavy atom. The molecule has 3 aromatic rings. The maximum absolute atomic E-state index is 12.2. The van der Waals surface area contributed by atoms with Crippen molar-refractivity contribution in [3.05, 3.63) is 54.1 Å². The lowest BCUT2D eigenvalue weighted by molar-refractivity contribution is -0.115. The Hall–Kier alpha value is -3.05. The number of benzene rings is 2. The fraction of sp³-hybridized carbons (Fsp3) is 0.250. The van der Waals surface area contributed by atoms with Gasteiger partial charge in [0.2, 0.25) is 11.8 Å². The van der Waals surface area contributed by atoms with Gasteiger partial charge in [-0.3, -0.25) is 10.1 Å². The third kappa shape index (κ3) is 5.36. The van der Waals surface area contributed by atoms with Crippen LogP contribution >= 0.6 is 0 Å². The lowest BCUT2D eigenvalue weighted by Gasteiger charge is -2.07. The van der Waals surface area contributed by atoms with Gasteiger partial charge in [0.25, 0.3) is 0 Å². The van der Waals surface area contributed by atoms with E-state index in [1.165, 1.54) is 24.3 Å². The van der Waals surface area contributed by atoms with Crippen LogP contribution < -0.4 is 5.32 Å². The molecule has 1 N–H and O–H groups in total. The van der Waals surface area contributed by atoms with Gasteiger partial charge < -0.3 is 4.42 Å². The zero-order valence-corrected chi connectivity index (χ0v) is 18.7. The summed E-state index contributed by atoms with van der Waals surface area (Å²) in [6.07, 6.45) is 1.10. The standard InChI is InChI=1S/C20H21N3O6S2/c1-13(2)31(27,28)17-10-6-15(7-11-17)19-22-23-20(29-19)21-18(24)12-14-4-8-16(9-5-14)30(3,25)26/h4-11,13H,12H2,1-3H3,(H,21,23,24). The Morgan fingerprint density at radius 3 is 2.06 bits per heavy atom. The molecule has 0 aliphatic rings. The van der Waals surface area contributed by atoms with Crippen molar-refractivity contribution in [3.8, 4) is 11.5 Å². The van der Waals surface area contributed by atoms with E-state index in [4.69, 9.17) is 4.42 Å². The van der Waals surface area contributed by atoms with Crippen molar-refractivity contribution < 1.29 is 26.0 Å². The van der Waals surface area contributed by atoms with E-state index in [0.717, 1.165) is 6.26 Å². The number of carbonyl (C=O) groups is 1. The first-order valence-corrected chi connectivity index (χ1v) is 12.7. The molecule has 164 valence electrons. The van der Waals surface area contributed by atoms with Crippen LogP contribution in [-0.4, -0.2) is 44.4 Å². The van der Waals surface area contributed by atoms with Crippen molar-refractivity contribution >= 4 is 31.6 Å². The Morgan fingerprint density at radius 1 is 0.935 bits per heavy atom. The zero-order chi connectivity index (χ0) is 22.8. The maximum atomic E-state index is 12.2. The highest BCUT2D eigenvalue weighted by Crippen LogP contribution is 2.23. The van der Waals surface area contributed by atoms with Crippen LogP contribution in [0.4, 0.5) is 6.01 Å². The van der Waals surface area contributed by atoms with E-state index in [0.29, 0.717) is 11.1 Å². The number of nitrogens with zero attached hydrogens (tertiary/aromatic N) is 2. The molecule has 11 heteroatoms. The molecule has 0 unspecified atom stereocenters. The van der Waals surface area contributed by atoms with Crippen molar-refractivity contribution in [2.24, 2.45) is 0 Å². The van der Waals surface area contributed by atoms with Crippen LogP contribution in [0.5, 0.6) is 0 Å². The van der Waals surface area contributed by atoms with Gasteiger partial charge in [-0.2, -0.15) is 0 Å². The highest BCUT2D eigenvalue weighted by Gasteiger charge is 2.19. The number of carbonyl (C=O) groups excluding carboxylic acids is 1. The fourth-order valence-electron chi connectivity index (χ4n) is 2.65. The molecule has 2 aromatic carbocycles. The quantitative estimate of drug-likeness (QED) is 0.564. The summed E-state index contributed by atoms with van der Waals surface area (Å²) in [6.45, 7) is 3.21. The van der Waals surface area contributed by atoms with Gasteiger partial charge in [-0.25, -0.2) is 16.8 Å². The Labute approximate surface area is 180 Å². The molecule has 31 heavy (non-hydrogen) atoms. The molecule has 0 aliphatic carbocycles. The number of anilines is 1. The predicted octanol–water partition coefficient (Wildman–Crippen LogP) is 2.50. The van der Waals surface area contributed by atoms with E-state index in [1.54, 1.807) is 38.1 Å². The molecule has 0 radical (unpaired) electrons. The second-order valence-electron chi connectivity index (χ2n) is 7.17. The molecule has 9 nitrogen and oxygen atoms in total. The van der Waals surface area contributed by atoms with Gasteiger partial charge in [0, 0.05) is 11.8 Å². The van der Waals surface area contributed by atoms with Gasteiger partial charge in [-0.05, 0) is 55.8 Å². The average Bonchev–Trinajstić information content (AvgIpc) is 3.16. The molecule has 3 rings (SSSR count). The summed E-state index contributed by atoms with van der Waals surface area (Å²) in [7, 11) is -6.69. The first kappa shape index (κ1) is 22.6. The molecule has 0 saturated carbocycles. The highest BCUT2D eigenvalue weighted by molar-refractivity contribution is 7.92. The predicted molar refractivity (Wildman–Crippen MR) is 114 cm³/mol. The van der Waals surface area contributed by atoms with Crippen LogP contribution in [0.15, 0.2) is 62.7 Å². The largest absolute Gasteiger partial charge is 0.403 e. The number of amides is 1. The summed E-state index contributed by atoms with van der Waals surface area (Å²) in [4.78, 5) is 12.6. The molecular weight excluding hydrogens is 442 g/mol. The third-order valence-electron chi connectivity index (χ3n) is 4.44. The summed E-state index contributed by atoms with van der Waals surface area (Å²) in [5.41, 5.74) is 1.12. The van der Waals surface area contributed by atoms with Crippen molar-refractivity contribution in [3.63, 3.8) is 0 Å². The van der Waals surface area contributed by atoms with Crippen LogP contribution in [-0.2, 0) is 30.9 Å². The number of nitrogens with one attached hydrogen (secondary N) is 1. The molecule has 1 heterocycles. The fourth-order valence-corrected chi connectivity index (χ4v) is 4.34. The maximum Gasteiger partial charge on any atom is 0.322 e. The van der Waals surface area contributed by atoms with Crippen LogP contribution in [0.2, 0.25) is 0 Å². The van der Waals surface area contributed by atoms with Crippen molar-refractivity contribution in [1.82, 2.24) is 10.2 Å². The van der Waals surface area contributed by atoms with E-state index in [1.807, 2.05) is 0 Å². The van der Waals surface area contributed by atoms with Crippen molar-refractivity contribution in [2.45, 2.75) is 35.3 Å². The van der Waals surface area contributed by atoms with Crippen LogP contribution in [0.25, 0.3) is 11.5 Å². The van der Waals surface area contributed by atoms with Crippen molar-refractivity contribution in [2.75, 3.05) is 11.6 Å². The second-order valence-corrected chi connectivity index (χ2v) is 11.7. The van der Waals surface area contributed by atoms with E-state index in [-0.39, 0.29) is 28.1 Å². The molecule has 0 atom stereocenters. The lowest BCUT2D eigenvalue weighted by atomic mass is 10.1. The zero-order valence-electron chi connectivity index (χ0n) is 17.1. The average molecular weight is 464 g/mol. The Kier molecular flexibility index (Phi) is 6.27. The molecular formula is C20H21N3O6S2. The van der Waals surface area contributed by atoms with E-state index < -0.39 is 30.8 Å². The minimum atomic E-state index is -3.38. The normalized spacial score (nSPS) is 12.1. The van der Waals surface area contributed by atoms with Crippen LogP contribution in [0.1, 0.15) is 19.4 Å². The topological polar surface area (TPSA) is 136 Å². The summed E-state index contributed by atoms with van der Waals surface area (Å²) in [5, 5.41) is 9.59. The monoisotopic (exact) mass is 463 g/mol. The number of sulfone groups is 2. The van der Waals surface area contributed by atoms with Crippen LogP contribution in [0.3, 0.4) is 0 Å². The minimum absolute atomic E-state index is 0.0104. The molecule has 1 amide bonds. The first-order chi connectivity index (χ1) is 14.5. The highest BCUT2D eigenvalue weighted by atomic mass is 32.2. The molecule has 1 aromatic heterocycles. The van der Waals surface area contributed by atoms with E-state index >= 15 is 0 Å². The van der Waals surface area contributed by atoms with Gasteiger partial charge >= 0.3 is 6.01 Å². The van der Waals surface area contributed by atoms with Gasteiger partial charge in [0.15, 0.2) is 19.7 Å². The van der Waals surface area contributed by atoms with Gasteiger partial charge in [0.1, 0.15) is 0 Å². The molecule has 0 aliphatic heterocycles. The van der Waals surface area contributed by atoms with Crippen molar-refractivity contribution in [1.29, 1.82) is 0 Å². The number of hydrogen-bond acceptors (Lipinski definition) is 8. The second kappa shape index (κ2) is 8.60. The molecule has 0 saturated heterocycles. The third-order valence-corrected chi connectivity index (χ3v) is 7.74. The Balaban J connectivity index is 1.66. The number of hydrogen-bond donors (Lipinski definition) is 1. The summed E-state index contributed by atoms with van der Waals surface area (Å²) >= 11 is 0. The summed E-state index contributed by atoms with van der Waals surface area (Å²) < 4.78 is 52.8. The molecule has 0 fully saturated rings. The Bertz CT molecular complexity index is 1290. The van der Waals surface area contributed by atoms with Gasteiger partial charge in [0.05, 0.1) is 21.5 Å². The first-order valence-electron chi connectivity index (χ1n) is 9.23. The van der Waals surface area contributed by atoms with Crippen LogP contribution in [0, 0.1) is 0 Å². The lowest BCUT2D eigenvalue weighted by Crippen LogP contribution is -2.14. The van der Waals surface area contributed by atoms with E-state index in [2.05, 4.69) is 15.5 Å². The molecule has 0 bridgehead atoms. The minimum Gasteiger partial charge on any atom is -0.403 e. The number of rotatable bonds is 7. The smallest absolute Gasteiger partial charge is 0.322 e. The number of aromatic nitrogens is 2. The van der Waals surface area contributed by atoms with Gasteiger partial charge in [-0.15, -0.1) is 5.10 Å². The molecule has 0 spiro atoms.